The molecule has 0 aromatic heterocycles. The van der Waals surface area contributed by atoms with Crippen LogP contribution in [-0.2, 0) is 9.47 Å². The highest BCUT2D eigenvalue weighted by molar-refractivity contribution is 4.77. The van der Waals surface area contributed by atoms with Crippen LogP contribution >= 0.6 is 0 Å². The van der Waals surface area contributed by atoms with Gasteiger partial charge in [0.25, 0.3) is 0 Å². The van der Waals surface area contributed by atoms with E-state index in [0.29, 0.717) is 6.04 Å². The van der Waals surface area contributed by atoms with Gasteiger partial charge in [-0.1, -0.05) is 19.3 Å². The zero-order valence-corrected chi connectivity index (χ0v) is 10.5. The molecule has 0 heterocycles. The van der Waals surface area contributed by atoms with Gasteiger partial charge in [-0.05, 0) is 26.2 Å². The van der Waals surface area contributed by atoms with Crippen molar-refractivity contribution in [3.05, 3.63) is 0 Å². The van der Waals surface area contributed by atoms with E-state index in [1.165, 1.54) is 25.7 Å². The van der Waals surface area contributed by atoms with Gasteiger partial charge in [-0.15, -0.1) is 0 Å². The summed E-state index contributed by atoms with van der Waals surface area (Å²) in [7, 11) is 3.37. The number of nitrogens with one attached hydrogen (secondary N) is 1. The van der Waals surface area contributed by atoms with Gasteiger partial charge in [0.05, 0.1) is 6.04 Å². The second kappa shape index (κ2) is 6.46. The van der Waals surface area contributed by atoms with E-state index < -0.39 is 0 Å². The Morgan fingerprint density at radius 3 is 2.20 bits per heavy atom. The fourth-order valence-electron chi connectivity index (χ4n) is 2.33. The van der Waals surface area contributed by atoms with E-state index in [1.807, 2.05) is 0 Å². The molecule has 1 aliphatic rings. The molecule has 0 aliphatic heterocycles. The first kappa shape index (κ1) is 12.9. The lowest BCUT2D eigenvalue weighted by Gasteiger charge is -2.31. The summed E-state index contributed by atoms with van der Waals surface area (Å²) in [5, 5.41) is 3.53. The molecule has 90 valence electrons. The normalized spacial score (nSPS) is 21.4. The molecule has 0 spiro atoms. The third-order valence-electron chi connectivity index (χ3n) is 3.33. The van der Waals surface area contributed by atoms with Crippen molar-refractivity contribution >= 4 is 0 Å². The molecule has 15 heavy (non-hydrogen) atoms. The lowest BCUT2D eigenvalue weighted by Crippen LogP contribution is -2.44. The van der Waals surface area contributed by atoms with Crippen LogP contribution in [0.15, 0.2) is 0 Å². The predicted molar refractivity (Wildman–Crippen MR) is 61.8 cm³/mol. The second-order valence-electron chi connectivity index (χ2n) is 4.73. The number of rotatable bonds is 7. The van der Waals surface area contributed by atoms with Crippen molar-refractivity contribution in [3.8, 4) is 0 Å². The first-order chi connectivity index (χ1) is 7.17. The Balaban J connectivity index is 2.19. The maximum Gasteiger partial charge on any atom is 0.171 e. The molecule has 0 bridgehead atoms. The van der Waals surface area contributed by atoms with Gasteiger partial charge < -0.3 is 14.8 Å². The topological polar surface area (TPSA) is 30.5 Å². The Bertz CT molecular complexity index is 167. The molecule has 1 N–H and O–H groups in total. The van der Waals surface area contributed by atoms with Crippen molar-refractivity contribution in [2.45, 2.75) is 57.9 Å². The molecule has 0 aromatic carbocycles. The standard InChI is InChI=1S/C12H25NO2/c1-9(8-11-6-5-7-11)13-10(2)12(14-3)15-4/h9-13H,5-8H2,1-4H3. The van der Waals surface area contributed by atoms with Crippen LogP contribution < -0.4 is 5.32 Å². The SMILES string of the molecule is COC(OC)C(C)NC(C)CC1CCC1. The van der Waals surface area contributed by atoms with Gasteiger partial charge >= 0.3 is 0 Å². The van der Waals surface area contributed by atoms with Gasteiger partial charge in [0.15, 0.2) is 6.29 Å². The van der Waals surface area contributed by atoms with E-state index in [0.717, 1.165) is 5.92 Å². The maximum absolute atomic E-state index is 5.22. The van der Waals surface area contributed by atoms with Crippen molar-refractivity contribution in [1.82, 2.24) is 5.32 Å². The summed E-state index contributed by atoms with van der Waals surface area (Å²) in [6, 6.07) is 0.799. The maximum atomic E-state index is 5.22. The minimum absolute atomic E-state index is 0.145. The molecule has 3 heteroatoms. The average Bonchev–Trinajstić information content (AvgIpc) is 2.13. The van der Waals surface area contributed by atoms with Gasteiger partial charge in [-0.3, -0.25) is 0 Å². The number of hydrogen-bond donors (Lipinski definition) is 1. The van der Waals surface area contributed by atoms with E-state index in [1.54, 1.807) is 14.2 Å². The van der Waals surface area contributed by atoms with E-state index in [4.69, 9.17) is 9.47 Å². The molecule has 2 unspecified atom stereocenters. The third-order valence-corrected chi connectivity index (χ3v) is 3.33. The molecule has 0 radical (unpaired) electrons. The Labute approximate surface area is 93.5 Å². The minimum atomic E-state index is -0.145. The fraction of sp³-hybridized carbons (Fsp3) is 1.00. The van der Waals surface area contributed by atoms with Crippen molar-refractivity contribution in [3.63, 3.8) is 0 Å². The van der Waals surface area contributed by atoms with Crippen molar-refractivity contribution < 1.29 is 9.47 Å². The van der Waals surface area contributed by atoms with Crippen molar-refractivity contribution in [2.75, 3.05) is 14.2 Å². The molecule has 2 atom stereocenters. The summed E-state index contributed by atoms with van der Waals surface area (Å²) < 4.78 is 10.4. The molecule has 1 aliphatic carbocycles. The van der Waals surface area contributed by atoms with Gasteiger partial charge in [0.2, 0.25) is 0 Å². The first-order valence-electron chi connectivity index (χ1n) is 5.99. The zero-order valence-electron chi connectivity index (χ0n) is 10.5. The van der Waals surface area contributed by atoms with Crippen LogP contribution in [0.3, 0.4) is 0 Å². The van der Waals surface area contributed by atoms with Crippen LogP contribution in [-0.4, -0.2) is 32.6 Å². The molecule has 0 saturated heterocycles. The van der Waals surface area contributed by atoms with Crippen molar-refractivity contribution in [1.29, 1.82) is 0 Å². The minimum Gasteiger partial charge on any atom is -0.354 e. The van der Waals surface area contributed by atoms with Gasteiger partial charge in [-0.25, -0.2) is 0 Å². The fourth-order valence-corrected chi connectivity index (χ4v) is 2.33. The Morgan fingerprint density at radius 2 is 1.80 bits per heavy atom. The van der Waals surface area contributed by atoms with Crippen molar-refractivity contribution in [2.24, 2.45) is 5.92 Å². The first-order valence-corrected chi connectivity index (χ1v) is 5.99. The van der Waals surface area contributed by atoms with Crippen LogP contribution in [0, 0.1) is 5.92 Å². The van der Waals surface area contributed by atoms with E-state index in [9.17, 15) is 0 Å². The Kier molecular flexibility index (Phi) is 5.58. The molecule has 3 nitrogen and oxygen atoms in total. The van der Waals surface area contributed by atoms with E-state index >= 15 is 0 Å². The summed E-state index contributed by atoms with van der Waals surface area (Å²) in [4.78, 5) is 0. The molecular formula is C12H25NO2. The van der Waals surface area contributed by atoms with Crippen LogP contribution in [0.25, 0.3) is 0 Å². The number of ether oxygens (including phenoxy) is 2. The summed E-state index contributed by atoms with van der Waals surface area (Å²) in [5.41, 5.74) is 0. The third kappa shape index (κ3) is 4.09. The van der Waals surface area contributed by atoms with Crippen LogP contribution in [0.5, 0.6) is 0 Å². The largest absolute Gasteiger partial charge is 0.354 e. The quantitative estimate of drug-likeness (QED) is 0.660. The highest BCUT2D eigenvalue weighted by Crippen LogP contribution is 2.30. The van der Waals surface area contributed by atoms with E-state index in [2.05, 4.69) is 19.2 Å². The van der Waals surface area contributed by atoms with Crippen LogP contribution in [0.2, 0.25) is 0 Å². The number of methoxy groups -OCH3 is 2. The van der Waals surface area contributed by atoms with Gasteiger partial charge in [0.1, 0.15) is 0 Å². The molecule has 1 saturated carbocycles. The Morgan fingerprint density at radius 1 is 1.20 bits per heavy atom. The highest BCUT2D eigenvalue weighted by atomic mass is 16.7. The summed E-state index contributed by atoms with van der Waals surface area (Å²) in [5.74, 6) is 0.947. The summed E-state index contributed by atoms with van der Waals surface area (Å²) in [6.45, 7) is 4.35. The smallest absolute Gasteiger partial charge is 0.171 e. The predicted octanol–water partition coefficient (Wildman–Crippen LogP) is 2.16. The van der Waals surface area contributed by atoms with E-state index in [-0.39, 0.29) is 12.3 Å². The molecule has 1 rings (SSSR count). The molecule has 0 aromatic rings. The Hall–Kier alpha value is -0.120. The van der Waals surface area contributed by atoms with Gasteiger partial charge in [-0.2, -0.15) is 0 Å². The molecule has 1 fully saturated rings. The number of hydrogen-bond acceptors (Lipinski definition) is 3. The summed E-state index contributed by atoms with van der Waals surface area (Å²) >= 11 is 0. The summed E-state index contributed by atoms with van der Waals surface area (Å²) in [6.07, 6.45) is 5.39. The van der Waals surface area contributed by atoms with Gasteiger partial charge in [0, 0.05) is 20.3 Å². The average molecular weight is 215 g/mol. The van der Waals surface area contributed by atoms with Crippen LogP contribution in [0.1, 0.15) is 39.5 Å². The monoisotopic (exact) mass is 215 g/mol. The highest BCUT2D eigenvalue weighted by Gasteiger charge is 2.22. The molecular weight excluding hydrogens is 190 g/mol. The zero-order chi connectivity index (χ0) is 11.3. The molecule has 0 amide bonds. The van der Waals surface area contributed by atoms with Crippen LogP contribution in [0.4, 0.5) is 0 Å². The lowest BCUT2D eigenvalue weighted by molar-refractivity contribution is -0.121. The second-order valence-corrected chi connectivity index (χ2v) is 4.73. The lowest BCUT2D eigenvalue weighted by atomic mass is 9.81.